The summed E-state index contributed by atoms with van der Waals surface area (Å²) >= 11 is 0. The number of carbonyl (C=O) groups is 1. The van der Waals surface area contributed by atoms with Crippen LogP contribution in [0.5, 0.6) is 0 Å². The van der Waals surface area contributed by atoms with Crippen molar-refractivity contribution in [2.24, 2.45) is 5.41 Å². The van der Waals surface area contributed by atoms with Gasteiger partial charge in [0.15, 0.2) is 9.84 Å². The first kappa shape index (κ1) is 9.15. The number of rotatable bonds is 4. The van der Waals surface area contributed by atoms with Gasteiger partial charge in [0.05, 0.1) is 29.6 Å². The molecule has 0 aromatic heterocycles. The highest BCUT2D eigenvalue weighted by Crippen LogP contribution is 2.37. The van der Waals surface area contributed by atoms with Crippen molar-refractivity contribution in [3.05, 3.63) is 0 Å². The molecule has 2 saturated heterocycles. The smallest absolute Gasteiger partial charge is 0.152 e. The summed E-state index contributed by atoms with van der Waals surface area (Å²) in [6, 6.07) is 0. The largest absolute Gasteiger partial charge is 0.373 e. The van der Waals surface area contributed by atoms with Crippen molar-refractivity contribution in [2.75, 3.05) is 18.1 Å². The average Bonchev–Trinajstić information content (AvgIpc) is 2.79. The maximum atomic E-state index is 10.9. The first-order chi connectivity index (χ1) is 6.05. The molecular formula is C8H12O4S. The molecule has 0 aromatic carbocycles. The fourth-order valence-electron chi connectivity index (χ4n) is 1.79. The van der Waals surface area contributed by atoms with Crippen LogP contribution in [0.15, 0.2) is 0 Å². The molecule has 2 fully saturated rings. The fraction of sp³-hybridized carbons (Fsp3) is 0.875. The Morgan fingerprint density at radius 1 is 1.46 bits per heavy atom. The number of carbonyl (C=O) groups excluding carboxylic acids is 1. The van der Waals surface area contributed by atoms with Crippen molar-refractivity contribution >= 4 is 16.1 Å². The molecule has 1 atom stereocenters. The Balaban J connectivity index is 1.90. The van der Waals surface area contributed by atoms with E-state index in [1.165, 1.54) is 0 Å². The third-order valence-electron chi connectivity index (χ3n) is 2.63. The van der Waals surface area contributed by atoms with Gasteiger partial charge in [-0.3, -0.25) is 0 Å². The van der Waals surface area contributed by atoms with E-state index in [2.05, 4.69) is 0 Å². The molecular weight excluding hydrogens is 192 g/mol. The van der Waals surface area contributed by atoms with Crippen LogP contribution in [0.3, 0.4) is 0 Å². The Labute approximate surface area is 77.2 Å². The zero-order valence-electron chi connectivity index (χ0n) is 7.23. The topological polar surface area (TPSA) is 63.7 Å². The molecule has 1 unspecified atom stereocenters. The van der Waals surface area contributed by atoms with E-state index in [0.29, 0.717) is 6.42 Å². The van der Waals surface area contributed by atoms with Gasteiger partial charge in [-0.15, -0.1) is 0 Å². The Morgan fingerprint density at radius 2 is 2.08 bits per heavy atom. The summed E-state index contributed by atoms with van der Waals surface area (Å²) in [6.45, 7) is 0.766. The first-order valence-corrected chi connectivity index (χ1v) is 6.16. The summed E-state index contributed by atoms with van der Waals surface area (Å²) < 4.78 is 26.9. The molecule has 0 spiro atoms. The maximum Gasteiger partial charge on any atom is 0.152 e. The Bertz CT molecular complexity index is 303. The molecule has 2 heterocycles. The van der Waals surface area contributed by atoms with Crippen LogP contribution < -0.4 is 0 Å². The summed E-state index contributed by atoms with van der Waals surface area (Å²) in [5.74, 6) is 0.0758. The van der Waals surface area contributed by atoms with Crippen LogP contribution in [0.4, 0.5) is 0 Å². The lowest BCUT2D eigenvalue weighted by Crippen LogP contribution is -2.49. The lowest BCUT2D eigenvalue weighted by molar-refractivity contribution is -0.115. The average molecular weight is 204 g/mol. The zero-order valence-corrected chi connectivity index (χ0v) is 8.05. The first-order valence-electron chi connectivity index (χ1n) is 4.34. The second-order valence-electron chi connectivity index (χ2n) is 4.01. The summed E-state index contributed by atoms with van der Waals surface area (Å²) in [6.07, 6.45) is 2.55. The molecule has 5 heteroatoms. The SMILES string of the molecule is O=CC1(CCC2CO2)CS(=O)(=O)C1. The van der Waals surface area contributed by atoms with Crippen LogP contribution in [0.1, 0.15) is 12.8 Å². The normalized spacial score (nSPS) is 33.4. The highest BCUT2D eigenvalue weighted by atomic mass is 32.2. The quantitative estimate of drug-likeness (QED) is 0.469. The summed E-state index contributed by atoms with van der Waals surface area (Å²) in [7, 11) is -2.90. The van der Waals surface area contributed by atoms with Crippen LogP contribution in [0.25, 0.3) is 0 Å². The van der Waals surface area contributed by atoms with E-state index in [-0.39, 0.29) is 17.6 Å². The number of sulfone groups is 1. The summed E-state index contributed by atoms with van der Waals surface area (Å²) in [5, 5.41) is 0. The van der Waals surface area contributed by atoms with Gasteiger partial charge in [0.1, 0.15) is 6.29 Å². The minimum absolute atomic E-state index is 0.0379. The van der Waals surface area contributed by atoms with Crippen molar-refractivity contribution in [1.82, 2.24) is 0 Å². The van der Waals surface area contributed by atoms with E-state index in [1.807, 2.05) is 0 Å². The minimum atomic E-state index is -2.90. The summed E-state index contributed by atoms with van der Waals surface area (Å²) in [5.41, 5.74) is -0.579. The molecule has 0 aliphatic carbocycles. The molecule has 0 bridgehead atoms. The van der Waals surface area contributed by atoms with E-state index >= 15 is 0 Å². The second-order valence-corrected chi connectivity index (χ2v) is 6.07. The van der Waals surface area contributed by atoms with Gasteiger partial charge < -0.3 is 9.53 Å². The molecule has 2 aliphatic rings. The molecule has 0 radical (unpaired) electrons. The predicted molar refractivity (Wildman–Crippen MR) is 46.1 cm³/mol. The Morgan fingerprint density at radius 3 is 2.46 bits per heavy atom. The van der Waals surface area contributed by atoms with Gasteiger partial charge in [-0.25, -0.2) is 8.42 Å². The molecule has 2 rings (SSSR count). The van der Waals surface area contributed by atoms with Crippen molar-refractivity contribution < 1.29 is 17.9 Å². The van der Waals surface area contributed by atoms with E-state index in [4.69, 9.17) is 4.74 Å². The fourth-order valence-corrected chi connectivity index (χ4v) is 3.88. The van der Waals surface area contributed by atoms with Crippen molar-refractivity contribution in [3.8, 4) is 0 Å². The molecule has 13 heavy (non-hydrogen) atoms. The lowest BCUT2D eigenvalue weighted by Gasteiger charge is -2.35. The molecule has 0 saturated carbocycles. The van der Waals surface area contributed by atoms with E-state index in [0.717, 1.165) is 19.3 Å². The van der Waals surface area contributed by atoms with Gasteiger partial charge in [-0.2, -0.15) is 0 Å². The molecule has 74 valence electrons. The number of epoxide rings is 1. The molecule has 4 nitrogen and oxygen atoms in total. The van der Waals surface area contributed by atoms with E-state index < -0.39 is 15.3 Å². The number of hydrogen-bond acceptors (Lipinski definition) is 4. The lowest BCUT2D eigenvalue weighted by atomic mass is 9.87. The van der Waals surface area contributed by atoms with Crippen LogP contribution in [-0.4, -0.2) is 38.9 Å². The van der Waals surface area contributed by atoms with Gasteiger partial charge in [0.25, 0.3) is 0 Å². The third-order valence-corrected chi connectivity index (χ3v) is 4.66. The van der Waals surface area contributed by atoms with E-state index in [9.17, 15) is 13.2 Å². The van der Waals surface area contributed by atoms with Crippen LogP contribution in [0.2, 0.25) is 0 Å². The number of ether oxygens (including phenoxy) is 1. The number of aldehydes is 1. The van der Waals surface area contributed by atoms with Crippen LogP contribution in [0, 0.1) is 5.41 Å². The van der Waals surface area contributed by atoms with Gasteiger partial charge >= 0.3 is 0 Å². The Hall–Kier alpha value is -0.420. The molecule has 0 N–H and O–H groups in total. The minimum Gasteiger partial charge on any atom is -0.373 e. The van der Waals surface area contributed by atoms with Crippen molar-refractivity contribution in [2.45, 2.75) is 18.9 Å². The Kier molecular flexibility index (Phi) is 1.96. The summed E-state index contributed by atoms with van der Waals surface area (Å²) in [4.78, 5) is 10.7. The van der Waals surface area contributed by atoms with E-state index in [1.54, 1.807) is 0 Å². The third kappa shape index (κ3) is 1.91. The zero-order chi connectivity index (χ0) is 9.53. The van der Waals surface area contributed by atoms with Crippen LogP contribution in [-0.2, 0) is 19.4 Å². The number of hydrogen-bond donors (Lipinski definition) is 0. The molecule has 2 aliphatic heterocycles. The van der Waals surface area contributed by atoms with Gasteiger partial charge in [0, 0.05) is 0 Å². The second kappa shape index (κ2) is 2.78. The highest BCUT2D eigenvalue weighted by Gasteiger charge is 2.48. The van der Waals surface area contributed by atoms with Gasteiger partial charge in [0.2, 0.25) is 0 Å². The van der Waals surface area contributed by atoms with Crippen molar-refractivity contribution in [3.63, 3.8) is 0 Å². The van der Waals surface area contributed by atoms with Gasteiger partial charge in [-0.05, 0) is 12.8 Å². The molecule has 0 amide bonds. The van der Waals surface area contributed by atoms with Gasteiger partial charge in [-0.1, -0.05) is 0 Å². The standard InChI is InChI=1S/C8H12O4S/c9-4-8(2-1-7-3-12-7)5-13(10,11)6-8/h4,7H,1-3,5-6H2. The highest BCUT2D eigenvalue weighted by molar-refractivity contribution is 7.93. The molecule has 0 aromatic rings. The van der Waals surface area contributed by atoms with Crippen molar-refractivity contribution in [1.29, 1.82) is 0 Å². The predicted octanol–water partition coefficient (Wildman–Crippen LogP) is -0.221. The van der Waals surface area contributed by atoms with Crippen LogP contribution >= 0.6 is 0 Å². The maximum absolute atomic E-state index is 10.9. The monoisotopic (exact) mass is 204 g/mol.